The van der Waals surface area contributed by atoms with Crippen molar-refractivity contribution in [2.24, 2.45) is 11.7 Å². The third kappa shape index (κ3) is 3.49. The van der Waals surface area contributed by atoms with Crippen molar-refractivity contribution in [1.82, 2.24) is 19.9 Å². The summed E-state index contributed by atoms with van der Waals surface area (Å²) in [7, 11) is 0. The third-order valence-corrected chi connectivity index (χ3v) is 7.40. The second-order valence-electron chi connectivity index (χ2n) is 7.70. The van der Waals surface area contributed by atoms with Crippen molar-refractivity contribution in [1.29, 1.82) is 0 Å². The number of rotatable bonds is 4. The second kappa shape index (κ2) is 7.59. The number of nitrogens with zero attached hydrogens (tertiary/aromatic N) is 5. The molecule has 2 fully saturated rings. The Kier molecular flexibility index (Phi) is 4.93. The van der Waals surface area contributed by atoms with Gasteiger partial charge in [-0.3, -0.25) is 0 Å². The first-order valence-electron chi connectivity index (χ1n) is 9.82. The Morgan fingerprint density at radius 2 is 1.90 bits per heavy atom. The molecule has 2 atom stereocenters. The third-order valence-electron chi connectivity index (χ3n) is 5.89. The molecule has 9 heteroatoms. The van der Waals surface area contributed by atoms with Gasteiger partial charge in [0.1, 0.15) is 22.2 Å². The Bertz CT molecular complexity index is 1050. The van der Waals surface area contributed by atoms with Crippen LogP contribution in [0, 0.1) is 5.92 Å². The van der Waals surface area contributed by atoms with Gasteiger partial charge in [-0.25, -0.2) is 19.9 Å². The minimum atomic E-state index is 0.315. The molecule has 2 bridgehead atoms. The zero-order valence-electron chi connectivity index (χ0n) is 15.8. The van der Waals surface area contributed by atoms with Gasteiger partial charge in [-0.05, 0) is 56.3 Å². The van der Waals surface area contributed by atoms with Crippen LogP contribution in [-0.4, -0.2) is 38.6 Å². The Morgan fingerprint density at radius 3 is 2.66 bits per heavy atom. The smallest absolute Gasteiger partial charge is 0.179 e. The Hall–Kier alpha value is -2.16. The van der Waals surface area contributed by atoms with Gasteiger partial charge in [-0.15, -0.1) is 0 Å². The Labute approximate surface area is 178 Å². The first-order chi connectivity index (χ1) is 14.1. The van der Waals surface area contributed by atoms with E-state index in [0.29, 0.717) is 34.5 Å². The molecule has 0 saturated carbocycles. The number of halogens is 1. The van der Waals surface area contributed by atoms with Crippen LogP contribution >= 0.6 is 23.4 Å². The standard InChI is InChI=1S/C20H22ClN7S/c21-18-15(5-6-24-19(18)23)29-17-4-3-14-20(27-17)25-10-16(26-14)28-12-1-2-13(28)8-11(7-12)9-22/h3-6,10-13H,1-2,7-9,22H2,(H2,23,24). The molecule has 3 aromatic rings. The minimum absolute atomic E-state index is 0.315. The summed E-state index contributed by atoms with van der Waals surface area (Å²) in [5.74, 6) is 1.90. The van der Waals surface area contributed by atoms with Crippen molar-refractivity contribution in [3.8, 4) is 0 Å². The molecule has 29 heavy (non-hydrogen) atoms. The van der Waals surface area contributed by atoms with Crippen LogP contribution in [-0.2, 0) is 0 Å². The maximum Gasteiger partial charge on any atom is 0.179 e. The van der Waals surface area contributed by atoms with E-state index in [4.69, 9.17) is 28.1 Å². The summed E-state index contributed by atoms with van der Waals surface area (Å²) < 4.78 is 0. The largest absolute Gasteiger partial charge is 0.382 e. The summed E-state index contributed by atoms with van der Waals surface area (Å²) >= 11 is 7.68. The summed E-state index contributed by atoms with van der Waals surface area (Å²) in [5.41, 5.74) is 13.1. The van der Waals surface area contributed by atoms with Crippen LogP contribution in [0.1, 0.15) is 25.7 Å². The molecule has 7 nitrogen and oxygen atoms in total. The molecule has 3 aromatic heterocycles. The van der Waals surface area contributed by atoms with Gasteiger partial charge in [0, 0.05) is 23.2 Å². The lowest BCUT2D eigenvalue weighted by Gasteiger charge is -2.39. The van der Waals surface area contributed by atoms with Crippen LogP contribution in [0.3, 0.4) is 0 Å². The maximum absolute atomic E-state index is 6.24. The Balaban J connectivity index is 1.41. The van der Waals surface area contributed by atoms with Crippen LogP contribution in [0.25, 0.3) is 11.2 Å². The van der Waals surface area contributed by atoms with Gasteiger partial charge in [-0.1, -0.05) is 23.4 Å². The first-order valence-corrected chi connectivity index (χ1v) is 11.0. The summed E-state index contributed by atoms with van der Waals surface area (Å²) in [5, 5.41) is 1.23. The van der Waals surface area contributed by atoms with Crippen LogP contribution < -0.4 is 16.4 Å². The highest BCUT2D eigenvalue weighted by Crippen LogP contribution is 2.41. The SMILES string of the molecule is NCC1CC2CCC(C1)N2c1cnc2nc(Sc3ccnc(N)c3Cl)ccc2n1. The molecule has 5 rings (SSSR count). The molecule has 2 aliphatic rings. The van der Waals surface area contributed by atoms with Gasteiger partial charge in [0.15, 0.2) is 5.65 Å². The number of hydrogen-bond donors (Lipinski definition) is 2. The molecule has 0 spiro atoms. The van der Waals surface area contributed by atoms with E-state index in [9.17, 15) is 0 Å². The van der Waals surface area contributed by atoms with E-state index >= 15 is 0 Å². The molecular formula is C20H22ClN7S. The van der Waals surface area contributed by atoms with Crippen molar-refractivity contribution in [3.63, 3.8) is 0 Å². The molecule has 0 aliphatic carbocycles. The number of nitrogen functional groups attached to an aromatic ring is 1. The molecule has 150 valence electrons. The van der Waals surface area contributed by atoms with Crippen LogP contribution in [0.5, 0.6) is 0 Å². The fourth-order valence-corrected chi connectivity index (χ4v) is 5.59. The zero-order chi connectivity index (χ0) is 20.0. The number of fused-ring (bicyclic) bond motifs is 3. The average Bonchev–Trinajstić information content (AvgIpc) is 3.00. The quantitative estimate of drug-likeness (QED) is 0.651. The van der Waals surface area contributed by atoms with Crippen LogP contribution in [0.4, 0.5) is 11.6 Å². The van der Waals surface area contributed by atoms with E-state index in [1.165, 1.54) is 24.6 Å². The van der Waals surface area contributed by atoms with Gasteiger partial charge in [0.2, 0.25) is 0 Å². The molecule has 0 aromatic carbocycles. The minimum Gasteiger partial charge on any atom is -0.382 e. The highest BCUT2D eigenvalue weighted by molar-refractivity contribution is 7.99. The van der Waals surface area contributed by atoms with Gasteiger partial charge in [0.25, 0.3) is 0 Å². The summed E-state index contributed by atoms with van der Waals surface area (Å²) in [4.78, 5) is 21.4. The molecule has 0 amide bonds. The first kappa shape index (κ1) is 18.8. The molecule has 4 N–H and O–H groups in total. The molecule has 5 heterocycles. The predicted molar refractivity (Wildman–Crippen MR) is 116 cm³/mol. The Morgan fingerprint density at radius 1 is 1.10 bits per heavy atom. The topological polar surface area (TPSA) is 107 Å². The van der Waals surface area contributed by atoms with Crippen molar-refractivity contribution in [3.05, 3.63) is 35.6 Å². The molecule has 2 saturated heterocycles. The van der Waals surface area contributed by atoms with Gasteiger partial charge < -0.3 is 16.4 Å². The highest BCUT2D eigenvalue weighted by atomic mass is 35.5. The van der Waals surface area contributed by atoms with E-state index in [0.717, 1.165) is 40.6 Å². The monoisotopic (exact) mass is 427 g/mol. The van der Waals surface area contributed by atoms with Gasteiger partial charge >= 0.3 is 0 Å². The summed E-state index contributed by atoms with van der Waals surface area (Å²) in [6.45, 7) is 0.780. The van der Waals surface area contributed by atoms with Crippen molar-refractivity contribution in [2.75, 3.05) is 17.2 Å². The molecule has 2 aliphatic heterocycles. The maximum atomic E-state index is 6.24. The number of pyridine rings is 2. The van der Waals surface area contributed by atoms with E-state index in [1.807, 2.05) is 24.4 Å². The van der Waals surface area contributed by atoms with Crippen molar-refractivity contribution < 1.29 is 0 Å². The van der Waals surface area contributed by atoms with E-state index < -0.39 is 0 Å². The predicted octanol–water partition coefficient (Wildman–Crippen LogP) is 3.51. The van der Waals surface area contributed by atoms with Crippen molar-refractivity contribution in [2.45, 2.75) is 47.7 Å². The van der Waals surface area contributed by atoms with Crippen molar-refractivity contribution >= 4 is 46.2 Å². The van der Waals surface area contributed by atoms with E-state index in [-0.39, 0.29) is 0 Å². The fourth-order valence-electron chi connectivity index (χ4n) is 4.55. The number of anilines is 2. The highest BCUT2D eigenvalue weighted by Gasteiger charge is 2.41. The number of nitrogens with two attached hydrogens (primary N) is 2. The van der Waals surface area contributed by atoms with Gasteiger partial charge in [0.05, 0.1) is 11.2 Å². The fraction of sp³-hybridized carbons (Fsp3) is 0.400. The van der Waals surface area contributed by atoms with Crippen LogP contribution in [0.2, 0.25) is 5.02 Å². The summed E-state index contributed by atoms with van der Waals surface area (Å²) in [6.07, 6.45) is 8.22. The average molecular weight is 428 g/mol. The lowest BCUT2D eigenvalue weighted by atomic mass is 9.91. The molecular weight excluding hydrogens is 406 g/mol. The lowest BCUT2D eigenvalue weighted by molar-refractivity contribution is 0.345. The molecule has 0 radical (unpaired) electrons. The van der Waals surface area contributed by atoms with Crippen LogP contribution in [0.15, 0.2) is 40.5 Å². The van der Waals surface area contributed by atoms with E-state index in [2.05, 4.69) is 19.9 Å². The normalized spacial score (nSPS) is 23.7. The van der Waals surface area contributed by atoms with E-state index in [1.54, 1.807) is 6.20 Å². The number of aromatic nitrogens is 4. The van der Waals surface area contributed by atoms with Gasteiger partial charge in [-0.2, -0.15) is 0 Å². The number of hydrogen-bond acceptors (Lipinski definition) is 8. The second-order valence-corrected chi connectivity index (χ2v) is 9.14. The molecule has 2 unspecified atom stereocenters. The summed E-state index contributed by atoms with van der Waals surface area (Å²) in [6, 6.07) is 6.78. The zero-order valence-corrected chi connectivity index (χ0v) is 17.4. The number of piperidine rings is 1. The lowest BCUT2D eigenvalue weighted by Crippen LogP contribution is -2.45.